The summed E-state index contributed by atoms with van der Waals surface area (Å²) in [7, 11) is 1.60. The quantitative estimate of drug-likeness (QED) is 0.298. The van der Waals surface area contributed by atoms with Crippen molar-refractivity contribution in [2.45, 2.75) is 66.9 Å². The monoisotopic (exact) mass is 541 g/mol. The predicted octanol–water partition coefficient (Wildman–Crippen LogP) is 6.80. The summed E-state index contributed by atoms with van der Waals surface area (Å²) in [5, 5.41) is 2.72. The number of aromatic nitrogens is 4. The summed E-state index contributed by atoms with van der Waals surface area (Å²) < 4.78 is 10.6. The highest BCUT2D eigenvalue weighted by Crippen LogP contribution is 2.34. The molecule has 0 fully saturated rings. The Bertz CT molecular complexity index is 1660. The van der Waals surface area contributed by atoms with Crippen molar-refractivity contribution < 1.29 is 14.3 Å². The Hall–Kier alpha value is -3.91. The molecule has 2 aliphatic heterocycles. The first-order valence-electron chi connectivity index (χ1n) is 14.0. The Kier molecular flexibility index (Phi) is 7.81. The lowest BCUT2D eigenvalue weighted by atomic mass is 10.0. The van der Waals surface area contributed by atoms with Gasteiger partial charge in [-0.15, -0.1) is 0 Å². The normalized spacial score (nSPS) is 15.0. The maximum absolute atomic E-state index is 12.3. The van der Waals surface area contributed by atoms with Crippen LogP contribution in [0.4, 0.5) is 4.79 Å². The third kappa shape index (κ3) is 5.28. The van der Waals surface area contributed by atoms with Gasteiger partial charge in [0.05, 0.1) is 18.0 Å². The molecule has 8 nitrogen and oxygen atoms in total. The molecule has 0 saturated carbocycles. The molecule has 1 unspecified atom stereocenters. The smallest absolute Gasteiger partial charge is 0.407 e. The van der Waals surface area contributed by atoms with Crippen molar-refractivity contribution in [3.8, 4) is 0 Å². The second-order valence-electron chi connectivity index (χ2n) is 10.8. The molecule has 1 amide bonds. The molecule has 0 saturated heterocycles. The van der Waals surface area contributed by atoms with E-state index in [0.29, 0.717) is 13.2 Å². The largest absolute Gasteiger partial charge is 0.445 e. The van der Waals surface area contributed by atoms with Gasteiger partial charge in [0.1, 0.15) is 6.61 Å². The van der Waals surface area contributed by atoms with Gasteiger partial charge in [0.2, 0.25) is 0 Å². The highest BCUT2D eigenvalue weighted by Gasteiger charge is 2.20. The SMILES string of the molecule is CCC1=C(C)c2cc3[nH]c(cc4nc(c(C)c5cc(C)c(cc1n2)[nH]5)CC4C)c(C)c3COC(=O)NCCOC. The molecule has 3 aromatic rings. The van der Waals surface area contributed by atoms with Crippen molar-refractivity contribution in [3.05, 3.63) is 69.3 Å². The predicted molar refractivity (Wildman–Crippen MR) is 160 cm³/mol. The van der Waals surface area contributed by atoms with E-state index >= 15 is 0 Å². The van der Waals surface area contributed by atoms with E-state index in [2.05, 4.69) is 81.1 Å². The third-order valence-corrected chi connectivity index (χ3v) is 8.13. The Morgan fingerprint density at radius 1 is 0.975 bits per heavy atom. The number of hydrogen-bond acceptors (Lipinski definition) is 5. The standard InChI is InChI=1S/C32H39N5O3/c1-8-22-19(4)29-15-31-23(16-40-32(38)33-9-10-39-7)20(5)28(37-31)13-24-17(2)11-26(34-24)21(6)27-12-18(3)25(35-27)14-30(22)36-29/h12-15,17,35,37H,8-11,16H2,1-7H3,(H,33,38). The third-order valence-electron chi connectivity index (χ3n) is 8.13. The van der Waals surface area contributed by atoms with Gasteiger partial charge in [-0.2, -0.15) is 0 Å². The lowest BCUT2D eigenvalue weighted by Gasteiger charge is -2.07. The molecule has 0 radical (unpaired) electrons. The fourth-order valence-electron chi connectivity index (χ4n) is 5.53. The van der Waals surface area contributed by atoms with Crippen LogP contribution in [-0.2, 0) is 22.5 Å². The van der Waals surface area contributed by atoms with Gasteiger partial charge in [0, 0.05) is 58.6 Å². The molecule has 3 aromatic heterocycles. The van der Waals surface area contributed by atoms with Crippen LogP contribution in [0, 0.1) is 20.8 Å². The topological polar surface area (TPSA) is 105 Å². The van der Waals surface area contributed by atoms with Crippen LogP contribution in [-0.4, -0.2) is 46.3 Å². The van der Waals surface area contributed by atoms with Crippen molar-refractivity contribution in [3.63, 3.8) is 0 Å². The van der Waals surface area contributed by atoms with Gasteiger partial charge in [-0.3, -0.25) is 4.98 Å². The molecular formula is C32H39N5O3. The van der Waals surface area contributed by atoms with Gasteiger partial charge < -0.3 is 24.8 Å². The van der Waals surface area contributed by atoms with Gasteiger partial charge in [-0.05, 0) is 92.6 Å². The van der Waals surface area contributed by atoms with E-state index in [9.17, 15) is 4.79 Å². The van der Waals surface area contributed by atoms with E-state index in [-0.39, 0.29) is 12.5 Å². The highest BCUT2D eigenvalue weighted by atomic mass is 16.5. The van der Waals surface area contributed by atoms with Gasteiger partial charge in [-0.1, -0.05) is 13.8 Å². The first-order chi connectivity index (χ1) is 19.2. The number of methoxy groups -OCH3 is 1. The molecule has 8 heteroatoms. The summed E-state index contributed by atoms with van der Waals surface area (Å²) in [5.74, 6) is 0.289. The Morgan fingerprint density at radius 2 is 1.70 bits per heavy atom. The molecule has 0 aromatic carbocycles. The molecule has 0 aliphatic carbocycles. The number of carbonyl (C=O) groups is 1. The number of nitrogens with one attached hydrogen (secondary N) is 3. The average Bonchev–Trinajstić information content (AvgIpc) is 3.64. The van der Waals surface area contributed by atoms with Crippen LogP contribution in [0.25, 0.3) is 33.2 Å². The molecule has 0 spiro atoms. The zero-order chi connectivity index (χ0) is 28.6. The van der Waals surface area contributed by atoms with Crippen molar-refractivity contribution >= 4 is 39.3 Å². The number of carbonyl (C=O) groups excluding carboxylic acids is 1. The van der Waals surface area contributed by atoms with Crippen LogP contribution < -0.4 is 5.32 Å². The number of alkyl carbamates (subject to hydrolysis) is 1. The van der Waals surface area contributed by atoms with E-state index in [4.69, 9.17) is 19.4 Å². The molecule has 2 aliphatic rings. The Balaban J connectivity index is 1.76. The molecule has 8 bridgehead atoms. The number of nitrogens with zero attached hydrogens (tertiary/aromatic N) is 2. The summed E-state index contributed by atoms with van der Waals surface area (Å²) in [5.41, 5.74) is 14.7. The van der Waals surface area contributed by atoms with Gasteiger partial charge in [0.15, 0.2) is 0 Å². The number of ether oxygens (including phenoxy) is 2. The van der Waals surface area contributed by atoms with E-state index in [1.54, 1.807) is 7.11 Å². The van der Waals surface area contributed by atoms with E-state index in [0.717, 1.165) is 74.4 Å². The second-order valence-corrected chi connectivity index (χ2v) is 10.8. The van der Waals surface area contributed by atoms with E-state index in [1.165, 1.54) is 16.7 Å². The minimum Gasteiger partial charge on any atom is -0.445 e. The van der Waals surface area contributed by atoms with Crippen LogP contribution in [0.1, 0.15) is 78.1 Å². The molecule has 210 valence electrons. The number of aryl methyl sites for hydroxylation is 3. The minimum atomic E-state index is -0.472. The lowest BCUT2D eigenvalue weighted by molar-refractivity contribution is 0.133. The maximum Gasteiger partial charge on any atom is 0.407 e. The number of H-pyrrole nitrogens is 2. The number of hydrogen-bond donors (Lipinski definition) is 3. The van der Waals surface area contributed by atoms with Crippen molar-refractivity contribution in [1.82, 2.24) is 25.3 Å². The molecule has 5 heterocycles. The molecule has 3 N–H and O–H groups in total. The summed E-state index contributed by atoms with van der Waals surface area (Å²) in [6.45, 7) is 13.8. The molecule has 1 atom stereocenters. The number of amides is 1. The average molecular weight is 542 g/mol. The van der Waals surface area contributed by atoms with Crippen molar-refractivity contribution in [2.24, 2.45) is 0 Å². The number of fused-ring (bicyclic) bond motifs is 8. The molecule has 5 rings (SSSR count). The lowest BCUT2D eigenvalue weighted by Crippen LogP contribution is -2.27. The van der Waals surface area contributed by atoms with Crippen LogP contribution in [0.5, 0.6) is 0 Å². The number of rotatable bonds is 6. The Labute approximate surface area is 235 Å². The highest BCUT2D eigenvalue weighted by molar-refractivity contribution is 5.92. The summed E-state index contributed by atoms with van der Waals surface area (Å²) in [4.78, 5) is 29.7. The fourth-order valence-corrected chi connectivity index (χ4v) is 5.53. The van der Waals surface area contributed by atoms with Crippen molar-refractivity contribution in [2.75, 3.05) is 20.3 Å². The number of aromatic amines is 2. The fraction of sp³-hybridized carbons (Fsp3) is 0.406. The second kappa shape index (κ2) is 11.3. The summed E-state index contributed by atoms with van der Waals surface area (Å²) >= 11 is 0. The maximum atomic E-state index is 12.3. The summed E-state index contributed by atoms with van der Waals surface area (Å²) in [6, 6.07) is 8.58. The van der Waals surface area contributed by atoms with Gasteiger partial charge >= 0.3 is 6.09 Å². The first-order valence-corrected chi connectivity index (χ1v) is 14.0. The van der Waals surface area contributed by atoms with Crippen molar-refractivity contribution in [1.29, 1.82) is 0 Å². The minimum absolute atomic E-state index is 0.136. The van der Waals surface area contributed by atoms with E-state index < -0.39 is 6.09 Å². The first kappa shape index (κ1) is 27.6. The zero-order valence-electron chi connectivity index (χ0n) is 24.5. The molecule has 40 heavy (non-hydrogen) atoms. The summed E-state index contributed by atoms with van der Waals surface area (Å²) in [6.07, 6.45) is 1.29. The van der Waals surface area contributed by atoms with Crippen LogP contribution >= 0.6 is 0 Å². The van der Waals surface area contributed by atoms with E-state index in [1.807, 2.05) is 0 Å². The van der Waals surface area contributed by atoms with Gasteiger partial charge in [0.25, 0.3) is 0 Å². The van der Waals surface area contributed by atoms with Crippen LogP contribution in [0.3, 0.4) is 0 Å². The zero-order valence-corrected chi connectivity index (χ0v) is 24.5. The Morgan fingerprint density at radius 3 is 2.45 bits per heavy atom. The van der Waals surface area contributed by atoms with Gasteiger partial charge in [-0.25, -0.2) is 9.78 Å². The number of allylic oxidation sites excluding steroid dienone is 2. The van der Waals surface area contributed by atoms with Crippen LogP contribution in [0.15, 0.2) is 24.3 Å². The van der Waals surface area contributed by atoms with Crippen LogP contribution in [0.2, 0.25) is 0 Å². The molecular weight excluding hydrogens is 502 g/mol.